The molecule has 0 saturated carbocycles. The van der Waals surface area contributed by atoms with Crippen molar-refractivity contribution in [3.05, 3.63) is 77.0 Å². The first-order chi connectivity index (χ1) is 18.4. The highest BCUT2D eigenvalue weighted by molar-refractivity contribution is 5.93. The number of anilines is 2. The van der Waals surface area contributed by atoms with Crippen molar-refractivity contribution in [1.29, 1.82) is 0 Å². The van der Waals surface area contributed by atoms with Crippen LogP contribution in [0.1, 0.15) is 12.0 Å². The average molecular weight is 515 g/mol. The van der Waals surface area contributed by atoms with Gasteiger partial charge in [-0.15, -0.1) is 0 Å². The number of nitro groups is 1. The summed E-state index contributed by atoms with van der Waals surface area (Å²) in [6, 6.07) is 12.3. The van der Waals surface area contributed by atoms with Crippen molar-refractivity contribution in [2.45, 2.75) is 13.3 Å². The first-order valence-corrected chi connectivity index (χ1v) is 11.9. The van der Waals surface area contributed by atoms with Gasteiger partial charge in [0.05, 0.1) is 22.4 Å². The third-order valence-electron chi connectivity index (χ3n) is 5.84. The first kappa shape index (κ1) is 24.8. The lowest BCUT2D eigenvalue weighted by atomic mass is 10.1. The molecular weight excluding hydrogens is 488 g/mol. The van der Waals surface area contributed by atoms with E-state index in [2.05, 4.69) is 25.4 Å². The summed E-state index contributed by atoms with van der Waals surface area (Å²) in [6.07, 6.45) is 5.42. The highest BCUT2D eigenvalue weighted by Gasteiger charge is 2.19. The lowest BCUT2D eigenvalue weighted by Gasteiger charge is -2.13. The predicted molar refractivity (Wildman–Crippen MR) is 142 cm³/mol. The number of nitrogens with one attached hydrogen (secondary N) is 1. The van der Waals surface area contributed by atoms with Gasteiger partial charge in [-0.3, -0.25) is 10.1 Å². The van der Waals surface area contributed by atoms with E-state index in [9.17, 15) is 10.1 Å². The quantitative estimate of drug-likeness (QED) is 0.158. The van der Waals surface area contributed by atoms with Gasteiger partial charge in [-0.2, -0.15) is 5.10 Å². The van der Waals surface area contributed by atoms with E-state index < -0.39 is 4.92 Å². The van der Waals surface area contributed by atoms with Crippen LogP contribution in [0.5, 0.6) is 17.2 Å². The molecule has 3 aromatic heterocycles. The minimum Gasteiger partial charge on any atom is -0.487 e. The van der Waals surface area contributed by atoms with Gasteiger partial charge < -0.3 is 19.7 Å². The maximum absolute atomic E-state index is 11.8. The van der Waals surface area contributed by atoms with E-state index in [1.165, 1.54) is 18.7 Å². The lowest BCUT2D eigenvalue weighted by molar-refractivity contribution is -0.385. The Kier molecular flexibility index (Phi) is 6.96. The van der Waals surface area contributed by atoms with E-state index in [-0.39, 0.29) is 11.4 Å². The molecule has 0 aliphatic heterocycles. The van der Waals surface area contributed by atoms with Gasteiger partial charge in [0, 0.05) is 36.6 Å². The number of hydrogen-bond acceptors (Lipinski definition) is 10. The summed E-state index contributed by atoms with van der Waals surface area (Å²) < 4.78 is 13.4. The Morgan fingerprint density at radius 2 is 1.92 bits per heavy atom. The van der Waals surface area contributed by atoms with Crippen LogP contribution in [0.15, 0.2) is 61.3 Å². The van der Waals surface area contributed by atoms with Gasteiger partial charge in [-0.1, -0.05) is 0 Å². The Morgan fingerprint density at radius 1 is 1.05 bits per heavy atom. The molecule has 3 heterocycles. The SMILES string of the molecule is Cc1cc(Nc2ncnc3cc(OCCCN(C)C)c([N+](=O)[O-])cc23)ccc1Oc1ccn2ncnc2c1. The molecule has 38 heavy (non-hydrogen) atoms. The van der Waals surface area contributed by atoms with Crippen molar-refractivity contribution in [2.75, 3.05) is 32.6 Å². The van der Waals surface area contributed by atoms with Crippen LogP contribution in [0.25, 0.3) is 16.6 Å². The fraction of sp³-hybridized carbons (Fsp3) is 0.231. The average Bonchev–Trinajstić information content (AvgIpc) is 3.36. The van der Waals surface area contributed by atoms with Crippen LogP contribution >= 0.6 is 0 Å². The highest BCUT2D eigenvalue weighted by atomic mass is 16.6. The molecule has 0 spiro atoms. The number of pyridine rings is 1. The fourth-order valence-electron chi connectivity index (χ4n) is 3.96. The van der Waals surface area contributed by atoms with Crippen LogP contribution in [0.3, 0.4) is 0 Å². The van der Waals surface area contributed by atoms with E-state index >= 15 is 0 Å². The van der Waals surface area contributed by atoms with Crippen LogP contribution in [0.2, 0.25) is 0 Å². The van der Waals surface area contributed by atoms with Gasteiger partial charge >= 0.3 is 5.69 Å². The molecule has 1 N–H and O–H groups in total. The Bertz CT molecular complexity index is 1620. The van der Waals surface area contributed by atoms with Gasteiger partial charge in [0.15, 0.2) is 11.4 Å². The highest BCUT2D eigenvalue weighted by Crippen LogP contribution is 2.35. The molecule has 0 fully saturated rings. The van der Waals surface area contributed by atoms with Crippen LogP contribution < -0.4 is 14.8 Å². The number of aryl methyl sites for hydroxylation is 1. The van der Waals surface area contributed by atoms with Crippen molar-refractivity contribution in [3.63, 3.8) is 0 Å². The fourth-order valence-corrected chi connectivity index (χ4v) is 3.96. The van der Waals surface area contributed by atoms with Gasteiger partial charge in [-0.25, -0.2) is 19.5 Å². The largest absolute Gasteiger partial charge is 0.487 e. The van der Waals surface area contributed by atoms with E-state index in [4.69, 9.17) is 9.47 Å². The van der Waals surface area contributed by atoms with E-state index in [0.29, 0.717) is 40.5 Å². The van der Waals surface area contributed by atoms with E-state index in [1.54, 1.807) is 22.8 Å². The second-order valence-corrected chi connectivity index (χ2v) is 8.95. The third-order valence-corrected chi connectivity index (χ3v) is 5.84. The molecule has 194 valence electrons. The van der Waals surface area contributed by atoms with Crippen molar-refractivity contribution in [2.24, 2.45) is 0 Å². The summed E-state index contributed by atoms with van der Waals surface area (Å²) in [5.41, 5.74) is 2.72. The second-order valence-electron chi connectivity index (χ2n) is 8.95. The normalized spacial score (nSPS) is 11.3. The molecule has 0 atom stereocenters. The number of rotatable bonds is 10. The molecule has 0 radical (unpaired) electrons. The number of benzene rings is 2. The van der Waals surface area contributed by atoms with Crippen molar-refractivity contribution < 1.29 is 14.4 Å². The number of hydrogen-bond donors (Lipinski definition) is 1. The van der Waals surface area contributed by atoms with Crippen LogP contribution in [-0.2, 0) is 0 Å². The van der Waals surface area contributed by atoms with E-state index in [1.807, 2.05) is 50.2 Å². The van der Waals surface area contributed by atoms with Crippen LogP contribution in [0, 0.1) is 17.0 Å². The molecule has 0 unspecified atom stereocenters. The molecule has 0 bridgehead atoms. The summed E-state index contributed by atoms with van der Waals surface area (Å²) in [7, 11) is 3.93. The van der Waals surface area contributed by atoms with Gasteiger partial charge in [-0.05, 0) is 57.3 Å². The maximum atomic E-state index is 11.8. The second kappa shape index (κ2) is 10.6. The first-order valence-electron chi connectivity index (χ1n) is 11.9. The zero-order valence-corrected chi connectivity index (χ0v) is 21.2. The monoisotopic (exact) mass is 514 g/mol. The molecular formula is C26H26N8O4. The number of nitro benzene ring substituents is 1. The minimum absolute atomic E-state index is 0.134. The van der Waals surface area contributed by atoms with Gasteiger partial charge in [0.1, 0.15) is 30.0 Å². The standard InChI is InChI=1S/C26H26N8O4/c1-17-11-18(5-6-23(17)38-19-7-9-33-25(12-19)28-16-30-33)31-26-20-13-22(34(35)36)24(14-21(20)27-15-29-26)37-10-4-8-32(2)3/h5-7,9,11-16H,4,8,10H2,1-3H3,(H,27,29,31). The summed E-state index contributed by atoms with van der Waals surface area (Å²) >= 11 is 0. The zero-order valence-electron chi connectivity index (χ0n) is 21.2. The van der Waals surface area contributed by atoms with Crippen molar-refractivity contribution in [3.8, 4) is 17.2 Å². The minimum atomic E-state index is -0.454. The lowest BCUT2D eigenvalue weighted by Crippen LogP contribution is -2.15. The predicted octanol–water partition coefficient (Wildman–Crippen LogP) is 4.76. The van der Waals surface area contributed by atoms with E-state index in [0.717, 1.165) is 24.2 Å². The Labute approximate surface area is 218 Å². The van der Waals surface area contributed by atoms with Gasteiger partial charge in [0.25, 0.3) is 0 Å². The molecule has 5 aromatic rings. The van der Waals surface area contributed by atoms with Gasteiger partial charge in [0.2, 0.25) is 0 Å². The summed E-state index contributed by atoms with van der Waals surface area (Å²) in [5, 5.41) is 19.6. The number of aromatic nitrogens is 5. The molecule has 0 saturated heterocycles. The molecule has 12 heteroatoms. The zero-order chi connectivity index (χ0) is 26.6. The molecule has 0 aliphatic carbocycles. The third kappa shape index (κ3) is 5.44. The van der Waals surface area contributed by atoms with Crippen LogP contribution in [0.4, 0.5) is 17.2 Å². The molecule has 2 aromatic carbocycles. The smallest absolute Gasteiger partial charge is 0.311 e. The summed E-state index contributed by atoms with van der Waals surface area (Å²) in [5.74, 6) is 1.96. The number of nitrogens with zero attached hydrogens (tertiary/aromatic N) is 7. The Hall–Kier alpha value is -4.84. The summed E-state index contributed by atoms with van der Waals surface area (Å²) in [6.45, 7) is 3.11. The Morgan fingerprint density at radius 3 is 2.71 bits per heavy atom. The maximum Gasteiger partial charge on any atom is 0.311 e. The number of fused-ring (bicyclic) bond motifs is 2. The molecule has 0 aliphatic rings. The Balaban J connectivity index is 1.37. The topological polar surface area (TPSA) is 133 Å². The molecule has 12 nitrogen and oxygen atoms in total. The number of ether oxygens (including phenoxy) is 2. The van der Waals surface area contributed by atoms with Crippen molar-refractivity contribution in [1.82, 2.24) is 29.5 Å². The summed E-state index contributed by atoms with van der Waals surface area (Å²) in [4.78, 5) is 26.2. The van der Waals surface area contributed by atoms with Crippen LogP contribution in [-0.4, -0.2) is 61.6 Å². The van der Waals surface area contributed by atoms with Crippen molar-refractivity contribution >= 4 is 33.7 Å². The molecule has 0 amide bonds. The molecule has 5 rings (SSSR count).